The van der Waals surface area contributed by atoms with E-state index in [1.54, 1.807) is 11.1 Å². The third kappa shape index (κ3) is 3.46. The van der Waals surface area contributed by atoms with Crippen molar-refractivity contribution in [3.8, 4) is 11.1 Å². The molecule has 1 fully saturated rings. The number of anilines is 1. The molecule has 0 unspecified atom stereocenters. The van der Waals surface area contributed by atoms with Gasteiger partial charge >= 0.3 is 0 Å². The number of carbonyl (C=O) groups excluding carboxylic acids is 2. The normalized spacial score (nSPS) is 15.9. The number of nitrogens with two attached hydrogens (primary N) is 1. The van der Waals surface area contributed by atoms with Crippen LogP contribution in [0.15, 0.2) is 79.3 Å². The second kappa shape index (κ2) is 8.84. The Labute approximate surface area is 209 Å². The number of para-hydroxylation sites is 1. The Bertz CT molecular complexity index is 1460. The van der Waals surface area contributed by atoms with Crippen LogP contribution >= 0.6 is 0 Å². The number of pyridine rings is 2. The fourth-order valence-corrected chi connectivity index (χ4v) is 5.56. The zero-order chi connectivity index (χ0) is 24.7. The van der Waals surface area contributed by atoms with Gasteiger partial charge in [0.05, 0.1) is 12.2 Å². The van der Waals surface area contributed by atoms with Crippen molar-refractivity contribution in [2.75, 3.05) is 24.5 Å². The van der Waals surface area contributed by atoms with Gasteiger partial charge in [-0.1, -0.05) is 48.5 Å². The number of benzene rings is 2. The summed E-state index contributed by atoms with van der Waals surface area (Å²) in [4.78, 5) is 39.3. The highest BCUT2D eigenvalue weighted by Crippen LogP contribution is 2.48. The summed E-state index contributed by atoms with van der Waals surface area (Å²) in [6.07, 6.45) is 6.53. The van der Waals surface area contributed by atoms with Gasteiger partial charge in [-0.25, -0.2) is 0 Å². The molecule has 4 heterocycles. The average Bonchev–Trinajstić information content (AvgIpc) is 3.14. The standard InChI is InChI=1S/C29H27N5O2/c30-13-5-12-26(35)33-18-29(19-33)23-10-3-4-11-25(23)34(28(29)36)17-24-27(21-8-6-14-31-15-21)22-9-2-1-7-20(22)16-32-24/h1-4,6-11,14-16H,5,12-13,17-19,30H2. The van der Waals surface area contributed by atoms with Crippen molar-refractivity contribution in [2.24, 2.45) is 5.73 Å². The Morgan fingerprint density at radius 3 is 2.61 bits per heavy atom. The number of rotatable bonds is 6. The van der Waals surface area contributed by atoms with Gasteiger partial charge in [0.25, 0.3) is 0 Å². The van der Waals surface area contributed by atoms with E-state index in [0.29, 0.717) is 39.0 Å². The minimum Gasteiger partial charge on any atom is -0.340 e. The Balaban J connectivity index is 1.38. The summed E-state index contributed by atoms with van der Waals surface area (Å²) >= 11 is 0. The van der Waals surface area contributed by atoms with Crippen molar-refractivity contribution < 1.29 is 9.59 Å². The molecular weight excluding hydrogens is 450 g/mol. The number of fused-ring (bicyclic) bond motifs is 3. The van der Waals surface area contributed by atoms with Crippen LogP contribution in [0.25, 0.3) is 21.9 Å². The monoisotopic (exact) mass is 477 g/mol. The van der Waals surface area contributed by atoms with Crippen molar-refractivity contribution in [3.63, 3.8) is 0 Å². The lowest BCUT2D eigenvalue weighted by Crippen LogP contribution is -2.65. The van der Waals surface area contributed by atoms with E-state index in [2.05, 4.69) is 11.1 Å². The fraction of sp³-hybridized carbons (Fsp3) is 0.241. The minimum atomic E-state index is -0.694. The van der Waals surface area contributed by atoms with Crippen LogP contribution < -0.4 is 10.6 Å². The molecule has 0 aliphatic carbocycles. The van der Waals surface area contributed by atoms with Crippen LogP contribution in [0.2, 0.25) is 0 Å². The Kier molecular flexibility index (Phi) is 5.49. The molecule has 1 saturated heterocycles. The van der Waals surface area contributed by atoms with E-state index < -0.39 is 5.41 Å². The molecule has 1 spiro atoms. The van der Waals surface area contributed by atoms with Crippen LogP contribution in [0.3, 0.4) is 0 Å². The Hall–Kier alpha value is -4.10. The highest BCUT2D eigenvalue weighted by Gasteiger charge is 2.58. The second-order valence-electron chi connectivity index (χ2n) is 9.54. The molecule has 6 rings (SSSR count). The summed E-state index contributed by atoms with van der Waals surface area (Å²) in [7, 11) is 0. The molecule has 0 saturated carbocycles. The molecule has 0 atom stereocenters. The maximum absolute atomic E-state index is 14.0. The molecule has 2 N–H and O–H groups in total. The molecule has 2 aliphatic heterocycles. The van der Waals surface area contributed by atoms with Crippen molar-refractivity contribution in [3.05, 3.63) is 90.5 Å². The summed E-state index contributed by atoms with van der Waals surface area (Å²) in [6, 6.07) is 20.0. The van der Waals surface area contributed by atoms with E-state index in [0.717, 1.165) is 38.8 Å². The predicted molar refractivity (Wildman–Crippen MR) is 139 cm³/mol. The second-order valence-corrected chi connectivity index (χ2v) is 9.54. The van der Waals surface area contributed by atoms with Crippen LogP contribution in [0, 0.1) is 0 Å². The number of hydrogen-bond acceptors (Lipinski definition) is 5. The van der Waals surface area contributed by atoms with Crippen molar-refractivity contribution in [2.45, 2.75) is 24.8 Å². The van der Waals surface area contributed by atoms with Crippen molar-refractivity contribution >= 4 is 28.3 Å². The van der Waals surface area contributed by atoms with Gasteiger partial charge < -0.3 is 15.5 Å². The van der Waals surface area contributed by atoms with Gasteiger partial charge in [-0.05, 0) is 36.0 Å². The highest BCUT2D eigenvalue weighted by molar-refractivity contribution is 6.10. The largest absolute Gasteiger partial charge is 0.340 e. The molecular formula is C29H27N5O2. The zero-order valence-corrected chi connectivity index (χ0v) is 19.9. The minimum absolute atomic E-state index is 0.0265. The molecule has 7 nitrogen and oxygen atoms in total. The average molecular weight is 478 g/mol. The zero-order valence-electron chi connectivity index (χ0n) is 19.9. The molecule has 2 aromatic heterocycles. The number of aromatic nitrogens is 2. The first kappa shape index (κ1) is 22.4. The highest BCUT2D eigenvalue weighted by atomic mass is 16.2. The van der Waals surface area contributed by atoms with Crippen molar-refractivity contribution in [1.29, 1.82) is 0 Å². The molecule has 36 heavy (non-hydrogen) atoms. The first-order valence-corrected chi connectivity index (χ1v) is 12.3. The fourth-order valence-electron chi connectivity index (χ4n) is 5.56. The lowest BCUT2D eigenvalue weighted by atomic mass is 9.74. The number of likely N-dealkylation sites (tertiary alicyclic amines) is 1. The van der Waals surface area contributed by atoms with Gasteiger partial charge in [0.2, 0.25) is 11.8 Å². The first-order valence-electron chi connectivity index (χ1n) is 12.3. The summed E-state index contributed by atoms with van der Waals surface area (Å²) in [5, 5.41) is 2.11. The number of carbonyl (C=O) groups is 2. The summed E-state index contributed by atoms with van der Waals surface area (Å²) < 4.78 is 0. The van der Waals surface area contributed by atoms with E-state index in [9.17, 15) is 9.59 Å². The van der Waals surface area contributed by atoms with E-state index >= 15 is 0 Å². The van der Waals surface area contributed by atoms with E-state index in [-0.39, 0.29) is 11.8 Å². The number of hydrogen-bond donors (Lipinski definition) is 1. The summed E-state index contributed by atoms with van der Waals surface area (Å²) in [6.45, 7) is 1.64. The van der Waals surface area contributed by atoms with Gasteiger partial charge in [0.1, 0.15) is 5.41 Å². The number of nitrogens with zero attached hydrogens (tertiary/aromatic N) is 4. The van der Waals surface area contributed by atoms with Crippen LogP contribution in [0.5, 0.6) is 0 Å². The maximum Gasteiger partial charge on any atom is 0.241 e. The van der Waals surface area contributed by atoms with E-state index in [1.807, 2.05) is 71.9 Å². The predicted octanol–water partition coefficient (Wildman–Crippen LogP) is 3.66. The SMILES string of the molecule is NCCCC(=O)N1CC2(C1)C(=O)N(Cc1ncc3ccccc3c1-c1cccnc1)c1ccccc12. The first-order chi connectivity index (χ1) is 17.6. The maximum atomic E-state index is 14.0. The van der Waals surface area contributed by atoms with Crippen LogP contribution in [0.4, 0.5) is 5.69 Å². The van der Waals surface area contributed by atoms with Crippen LogP contribution in [0.1, 0.15) is 24.1 Å². The smallest absolute Gasteiger partial charge is 0.241 e. The summed E-state index contributed by atoms with van der Waals surface area (Å²) in [5.74, 6) is 0.0866. The molecule has 0 radical (unpaired) electrons. The van der Waals surface area contributed by atoms with E-state index in [1.165, 1.54) is 0 Å². The van der Waals surface area contributed by atoms with Gasteiger partial charge in [-0.3, -0.25) is 19.6 Å². The molecule has 0 bridgehead atoms. The number of amides is 2. The van der Waals surface area contributed by atoms with Gasteiger partial charge in [0, 0.05) is 60.3 Å². The van der Waals surface area contributed by atoms with Crippen LogP contribution in [-0.4, -0.2) is 46.3 Å². The van der Waals surface area contributed by atoms with Gasteiger partial charge in [-0.2, -0.15) is 0 Å². The van der Waals surface area contributed by atoms with E-state index in [4.69, 9.17) is 10.7 Å². The molecule has 2 aromatic carbocycles. The lowest BCUT2D eigenvalue weighted by molar-refractivity contribution is -0.144. The van der Waals surface area contributed by atoms with Gasteiger partial charge in [0.15, 0.2) is 0 Å². The topological polar surface area (TPSA) is 92.4 Å². The molecule has 4 aromatic rings. The quantitative estimate of drug-likeness (QED) is 0.458. The Morgan fingerprint density at radius 2 is 1.81 bits per heavy atom. The van der Waals surface area contributed by atoms with Crippen LogP contribution in [-0.2, 0) is 21.5 Å². The lowest BCUT2D eigenvalue weighted by Gasteiger charge is -2.47. The molecule has 180 valence electrons. The Morgan fingerprint density at radius 1 is 1.00 bits per heavy atom. The molecule has 7 heteroatoms. The molecule has 2 amide bonds. The van der Waals surface area contributed by atoms with Crippen molar-refractivity contribution in [1.82, 2.24) is 14.9 Å². The third-order valence-electron chi connectivity index (χ3n) is 7.37. The third-order valence-corrected chi connectivity index (χ3v) is 7.37. The molecule has 2 aliphatic rings. The summed E-state index contributed by atoms with van der Waals surface area (Å²) in [5.41, 5.74) is 9.53. The van der Waals surface area contributed by atoms with Gasteiger partial charge in [-0.15, -0.1) is 0 Å².